The second-order valence-corrected chi connectivity index (χ2v) is 9.77. The molecule has 0 saturated carbocycles. The van der Waals surface area contributed by atoms with Crippen LogP contribution >= 0.6 is 45.3 Å². The summed E-state index contributed by atoms with van der Waals surface area (Å²) in [6.45, 7) is 7.95. The number of fused-ring (bicyclic) bond motifs is 8. The Bertz CT molecular complexity index is 1240. The van der Waals surface area contributed by atoms with Crippen LogP contribution in [0.15, 0.2) is 48.2 Å². The molecule has 0 amide bonds. The number of thiophene rings is 4. The highest BCUT2D eigenvalue weighted by Crippen LogP contribution is 2.50. The molecule has 0 aliphatic carbocycles. The molecule has 118 valence electrons. The summed E-state index contributed by atoms with van der Waals surface area (Å²) >= 11 is 7.65. The van der Waals surface area contributed by atoms with Gasteiger partial charge in [-0.25, -0.2) is 0 Å². The van der Waals surface area contributed by atoms with Crippen LogP contribution < -0.4 is 0 Å². The standard InChI is InChI=1S/C20H14S4/c1-3-5-11-13(6-4-2)23-20-15(11)17-12(7-9-21-17)18-16(20)19-14(24-18)8-10-22-19/h3-4,7-10H,1-2,5-6H2. The van der Waals surface area contributed by atoms with E-state index in [1.54, 1.807) is 0 Å². The largest absolute Gasteiger partial charge is 0.143 e. The van der Waals surface area contributed by atoms with Crippen LogP contribution in [0.4, 0.5) is 0 Å². The van der Waals surface area contributed by atoms with Crippen molar-refractivity contribution >= 4 is 85.0 Å². The monoisotopic (exact) mass is 382 g/mol. The summed E-state index contributed by atoms with van der Waals surface area (Å²) in [5, 5.41) is 8.80. The zero-order valence-corrected chi connectivity index (χ0v) is 16.2. The Morgan fingerprint density at radius 3 is 2.42 bits per heavy atom. The number of allylic oxidation sites excluding steroid dienone is 2. The summed E-state index contributed by atoms with van der Waals surface area (Å²) in [6.07, 6.45) is 5.93. The van der Waals surface area contributed by atoms with Crippen LogP contribution in [-0.4, -0.2) is 0 Å². The molecule has 0 unspecified atom stereocenters. The van der Waals surface area contributed by atoms with Crippen LogP contribution in [0, 0.1) is 0 Å². The third kappa shape index (κ3) is 1.88. The van der Waals surface area contributed by atoms with E-state index >= 15 is 0 Å². The van der Waals surface area contributed by atoms with E-state index in [1.807, 2.05) is 57.5 Å². The van der Waals surface area contributed by atoms with Gasteiger partial charge in [-0.05, 0) is 41.3 Å². The van der Waals surface area contributed by atoms with Crippen molar-refractivity contribution in [3.05, 3.63) is 58.6 Å². The number of hydrogen-bond acceptors (Lipinski definition) is 4. The van der Waals surface area contributed by atoms with E-state index in [1.165, 1.54) is 50.1 Å². The molecule has 0 spiro atoms. The van der Waals surface area contributed by atoms with Gasteiger partial charge in [0.2, 0.25) is 0 Å². The van der Waals surface area contributed by atoms with Gasteiger partial charge in [-0.15, -0.1) is 58.5 Å². The summed E-state index contributed by atoms with van der Waals surface area (Å²) < 4.78 is 7.22. The Balaban J connectivity index is 2.10. The Hall–Kier alpha value is -1.46. The van der Waals surface area contributed by atoms with Crippen LogP contribution in [0.25, 0.3) is 39.7 Å². The fourth-order valence-electron chi connectivity index (χ4n) is 3.49. The third-order valence-corrected chi connectivity index (χ3v) is 8.88. The highest BCUT2D eigenvalue weighted by atomic mass is 32.1. The maximum absolute atomic E-state index is 3.99. The summed E-state index contributed by atoms with van der Waals surface area (Å²) in [4.78, 5) is 1.44. The number of benzene rings is 1. The first-order chi connectivity index (χ1) is 11.8. The van der Waals surface area contributed by atoms with Crippen molar-refractivity contribution in [1.29, 1.82) is 0 Å². The number of rotatable bonds is 4. The van der Waals surface area contributed by atoms with E-state index in [2.05, 4.69) is 36.1 Å². The van der Waals surface area contributed by atoms with Crippen LogP contribution in [0.2, 0.25) is 0 Å². The van der Waals surface area contributed by atoms with Crippen molar-refractivity contribution in [3.63, 3.8) is 0 Å². The van der Waals surface area contributed by atoms with Crippen molar-refractivity contribution in [1.82, 2.24) is 0 Å². The predicted molar refractivity (Wildman–Crippen MR) is 116 cm³/mol. The molecule has 24 heavy (non-hydrogen) atoms. The summed E-state index contributed by atoms with van der Waals surface area (Å²) in [5.74, 6) is 0. The van der Waals surface area contributed by atoms with Crippen molar-refractivity contribution in [2.45, 2.75) is 12.8 Å². The van der Waals surface area contributed by atoms with Crippen LogP contribution in [0.3, 0.4) is 0 Å². The second kappa shape index (κ2) is 5.53. The summed E-state index contributed by atoms with van der Waals surface area (Å²) in [6, 6.07) is 4.56. The molecule has 0 saturated heterocycles. The van der Waals surface area contributed by atoms with Gasteiger partial charge in [0.15, 0.2) is 0 Å². The van der Waals surface area contributed by atoms with Crippen LogP contribution in [0.5, 0.6) is 0 Å². The highest BCUT2D eigenvalue weighted by molar-refractivity contribution is 7.34. The molecule has 5 aromatic rings. The van der Waals surface area contributed by atoms with Gasteiger partial charge in [0.1, 0.15) is 0 Å². The second-order valence-electron chi connectivity index (χ2n) is 5.78. The molecule has 0 fully saturated rings. The molecule has 0 atom stereocenters. The zero-order valence-electron chi connectivity index (χ0n) is 12.9. The Morgan fingerprint density at radius 2 is 1.58 bits per heavy atom. The molecule has 0 aliphatic heterocycles. The van der Waals surface area contributed by atoms with Gasteiger partial charge in [-0.1, -0.05) is 12.2 Å². The van der Waals surface area contributed by atoms with Gasteiger partial charge in [0.25, 0.3) is 0 Å². The molecule has 0 aliphatic rings. The predicted octanol–water partition coefficient (Wildman–Crippen LogP) is 8.00. The van der Waals surface area contributed by atoms with E-state index in [9.17, 15) is 0 Å². The number of hydrogen-bond donors (Lipinski definition) is 0. The fourth-order valence-corrected chi connectivity index (χ4v) is 8.52. The first kappa shape index (κ1) is 14.8. The third-order valence-electron chi connectivity index (χ3n) is 4.43. The minimum atomic E-state index is 0.930. The average Bonchev–Trinajstić information content (AvgIpc) is 3.29. The van der Waals surface area contributed by atoms with Gasteiger partial charge in [-0.2, -0.15) is 0 Å². The van der Waals surface area contributed by atoms with Crippen molar-refractivity contribution in [3.8, 4) is 0 Å². The lowest BCUT2D eigenvalue weighted by Gasteiger charge is -2.02. The van der Waals surface area contributed by atoms with Gasteiger partial charge >= 0.3 is 0 Å². The molecular formula is C20H14S4. The topological polar surface area (TPSA) is 0 Å². The van der Waals surface area contributed by atoms with Gasteiger partial charge in [-0.3, -0.25) is 0 Å². The lowest BCUT2D eigenvalue weighted by molar-refractivity contribution is 1.23. The van der Waals surface area contributed by atoms with Crippen LogP contribution in [-0.2, 0) is 12.8 Å². The van der Waals surface area contributed by atoms with Crippen molar-refractivity contribution in [2.24, 2.45) is 0 Å². The summed E-state index contributed by atoms with van der Waals surface area (Å²) in [7, 11) is 0. The normalized spacial score (nSPS) is 12.0. The van der Waals surface area contributed by atoms with Gasteiger partial charge in [0.05, 0.1) is 4.70 Å². The minimum absolute atomic E-state index is 0.930. The molecule has 5 rings (SSSR count). The van der Waals surface area contributed by atoms with E-state index in [0.717, 1.165) is 12.8 Å². The van der Waals surface area contributed by atoms with Crippen LogP contribution in [0.1, 0.15) is 10.4 Å². The minimum Gasteiger partial charge on any atom is -0.143 e. The SMILES string of the molecule is C=CCc1sc2c(c1CC=C)c1sccc1c1sc3ccsc3c12. The Morgan fingerprint density at radius 1 is 0.792 bits per heavy atom. The van der Waals surface area contributed by atoms with E-state index < -0.39 is 0 Å². The maximum atomic E-state index is 3.99. The van der Waals surface area contributed by atoms with E-state index in [0.29, 0.717) is 0 Å². The molecular weight excluding hydrogens is 368 g/mol. The summed E-state index contributed by atoms with van der Waals surface area (Å²) in [5.41, 5.74) is 1.45. The Kier molecular flexibility index (Phi) is 3.42. The van der Waals surface area contributed by atoms with Crippen molar-refractivity contribution < 1.29 is 0 Å². The first-order valence-electron chi connectivity index (χ1n) is 7.78. The Labute approximate surface area is 156 Å². The molecule has 4 heteroatoms. The smallest absolute Gasteiger partial charge is 0.0544 e. The zero-order chi connectivity index (χ0) is 16.3. The molecule has 0 nitrogen and oxygen atoms in total. The molecule has 1 aromatic carbocycles. The first-order valence-corrected chi connectivity index (χ1v) is 11.2. The van der Waals surface area contributed by atoms with Gasteiger partial charge < -0.3 is 0 Å². The fraction of sp³-hybridized carbons (Fsp3) is 0.100. The maximum Gasteiger partial charge on any atom is 0.0544 e. The molecule has 0 bridgehead atoms. The molecule has 0 radical (unpaired) electrons. The van der Waals surface area contributed by atoms with E-state index in [-0.39, 0.29) is 0 Å². The van der Waals surface area contributed by atoms with E-state index in [4.69, 9.17) is 0 Å². The van der Waals surface area contributed by atoms with Gasteiger partial charge in [0, 0.05) is 39.8 Å². The average molecular weight is 383 g/mol. The lowest BCUT2D eigenvalue weighted by Crippen LogP contribution is -1.85. The molecule has 4 aromatic heterocycles. The molecule has 0 N–H and O–H groups in total. The van der Waals surface area contributed by atoms with Crippen molar-refractivity contribution in [2.75, 3.05) is 0 Å². The molecule has 4 heterocycles. The lowest BCUT2D eigenvalue weighted by atomic mass is 10.0. The quantitative estimate of drug-likeness (QED) is 0.276. The highest BCUT2D eigenvalue weighted by Gasteiger charge is 2.21.